The fraction of sp³-hybridized carbons (Fsp3) is 0.500. The molecular formula is C12H17N3O4S2. The number of primary sulfonamides is 1. The zero-order chi connectivity index (χ0) is 15.6. The van der Waals surface area contributed by atoms with Gasteiger partial charge in [0.05, 0.1) is 9.82 Å². The quantitative estimate of drug-likeness (QED) is 0.663. The second-order valence-electron chi connectivity index (χ2n) is 4.91. The third kappa shape index (κ3) is 3.66. The van der Waals surface area contributed by atoms with Crippen molar-refractivity contribution >= 4 is 33.2 Å². The van der Waals surface area contributed by atoms with Crippen LogP contribution >= 0.6 is 11.8 Å². The molecule has 0 aliphatic carbocycles. The summed E-state index contributed by atoms with van der Waals surface area (Å²) >= 11 is 1.87. The summed E-state index contributed by atoms with van der Waals surface area (Å²) in [6.07, 6.45) is 1.91. The Bertz CT molecular complexity index is 642. The van der Waals surface area contributed by atoms with E-state index in [2.05, 4.69) is 0 Å². The number of nitro groups is 1. The lowest BCUT2D eigenvalue weighted by atomic mass is 10.1. The van der Waals surface area contributed by atoms with Crippen LogP contribution in [-0.4, -0.2) is 37.9 Å². The molecule has 1 saturated heterocycles. The van der Waals surface area contributed by atoms with Crippen LogP contribution in [0.1, 0.15) is 12.8 Å². The minimum Gasteiger partial charge on any atom is -0.366 e. The fourth-order valence-electron chi connectivity index (χ4n) is 2.39. The van der Waals surface area contributed by atoms with E-state index in [0.29, 0.717) is 5.69 Å². The summed E-state index contributed by atoms with van der Waals surface area (Å²) in [4.78, 5) is 12.3. The molecule has 0 amide bonds. The van der Waals surface area contributed by atoms with Crippen molar-refractivity contribution in [2.45, 2.75) is 23.8 Å². The van der Waals surface area contributed by atoms with Gasteiger partial charge in [0.15, 0.2) is 0 Å². The zero-order valence-electron chi connectivity index (χ0n) is 11.6. The van der Waals surface area contributed by atoms with E-state index in [1.807, 2.05) is 16.7 Å². The van der Waals surface area contributed by atoms with Crippen molar-refractivity contribution in [1.82, 2.24) is 0 Å². The van der Waals surface area contributed by atoms with Gasteiger partial charge in [-0.15, -0.1) is 0 Å². The lowest BCUT2D eigenvalue weighted by Crippen LogP contribution is -2.35. The van der Waals surface area contributed by atoms with Gasteiger partial charge in [0.2, 0.25) is 10.0 Å². The SMILES string of the molecule is CN(c1ccc(S(N)(=O)=O)cc1[N+](=O)[O-])C1CCSCC1. The van der Waals surface area contributed by atoms with E-state index in [4.69, 9.17) is 5.14 Å². The Labute approximate surface area is 127 Å². The van der Waals surface area contributed by atoms with E-state index >= 15 is 0 Å². The highest BCUT2D eigenvalue weighted by atomic mass is 32.2. The summed E-state index contributed by atoms with van der Waals surface area (Å²) in [6, 6.07) is 4.02. The summed E-state index contributed by atoms with van der Waals surface area (Å²) in [5, 5.41) is 16.3. The summed E-state index contributed by atoms with van der Waals surface area (Å²) in [5.41, 5.74) is 0.187. The molecule has 0 radical (unpaired) electrons. The van der Waals surface area contributed by atoms with Crippen molar-refractivity contribution in [3.05, 3.63) is 28.3 Å². The van der Waals surface area contributed by atoms with Crippen LogP contribution in [0.3, 0.4) is 0 Å². The van der Waals surface area contributed by atoms with Crippen LogP contribution in [0.5, 0.6) is 0 Å². The van der Waals surface area contributed by atoms with Crippen LogP contribution in [-0.2, 0) is 10.0 Å². The van der Waals surface area contributed by atoms with E-state index in [9.17, 15) is 18.5 Å². The van der Waals surface area contributed by atoms with Gasteiger partial charge in [-0.05, 0) is 36.5 Å². The van der Waals surface area contributed by atoms with Crippen molar-refractivity contribution in [3.63, 3.8) is 0 Å². The molecule has 1 aromatic carbocycles. The van der Waals surface area contributed by atoms with Gasteiger partial charge in [0.25, 0.3) is 5.69 Å². The smallest absolute Gasteiger partial charge is 0.293 e. The topological polar surface area (TPSA) is 107 Å². The second-order valence-corrected chi connectivity index (χ2v) is 7.69. The predicted molar refractivity (Wildman–Crippen MR) is 83.2 cm³/mol. The zero-order valence-corrected chi connectivity index (χ0v) is 13.2. The summed E-state index contributed by atoms with van der Waals surface area (Å²) in [5.74, 6) is 2.05. The molecule has 1 aliphatic rings. The first-order valence-corrected chi connectivity index (χ1v) is 9.12. The number of nitrogens with two attached hydrogens (primary N) is 1. The highest BCUT2D eigenvalue weighted by Crippen LogP contribution is 2.33. The molecule has 1 heterocycles. The van der Waals surface area contributed by atoms with Gasteiger partial charge in [-0.3, -0.25) is 10.1 Å². The third-order valence-corrected chi connectivity index (χ3v) is 5.55. The number of nitro benzene ring substituents is 1. The number of hydrogen-bond donors (Lipinski definition) is 1. The van der Waals surface area contributed by atoms with Crippen LogP contribution in [0.2, 0.25) is 0 Å². The maximum Gasteiger partial charge on any atom is 0.293 e. The summed E-state index contributed by atoms with van der Waals surface area (Å²) < 4.78 is 22.7. The van der Waals surface area contributed by atoms with Gasteiger partial charge in [-0.1, -0.05) is 0 Å². The van der Waals surface area contributed by atoms with Crippen LogP contribution < -0.4 is 10.0 Å². The fourth-order valence-corrected chi connectivity index (χ4v) is 4.01. The Morgan fingerprint density at radius 1 is 1.38 bits per heavy atom. The molecule has 2 rings (SSSR count). The van der Waals surface area contributed by atoms with Gasteiger partial charge in [0.1, 0.15) is 5.69 Å². The molecule has 0 unspecified atom stereocenters. The molecule has 21 heavy (non-hydrogen) atoms. The number of anilines is 1. The molecule has 0 spiro atoms. The van der Waals surface area contributed by atoms with Crippen molar-refractivity contribution in [3.8, 4) is 0 Å². The Morgan fingerprint density at radius 2 is 2.00 bits per heavy atom. The van der Waals surface area contributed by atoms with Gasteiger partial charge < -0.3 is 4.90 Å². The Kier molecular flexibility index (Phi) is 4.74. The molecule has 0 saturated carbocycles. The lowest BCUT2D eigenvalue weighted by molar-refractivity contribution is -0.384. The van der Waals surface area contributed by atoms with Crippen molar-refractivity contribution < 1.29 is 13.3 Å². The second kappa shape index (κ2) is 6.20. The summed E-state index contributed by atoms with van der Waals surface area (Å²) in [6.45, 7) is 0. The predicted octanol–water partition coefficient (Wildman–Crippen LogP) is 1.57. The molecule has 9 heteroatoms. The van der Waals surface area contributed by atoms with Crippen molar-refractivity contribution in [1.29, 1.82) is 0 Å². The van der Waals surface area contributed by atoms with Gasteiger partial charge >= 0.3 is 0 Å². The Hall–Kier alpha value is -1.32. The average molecular weight is 331 g/mol. The van der Waals surface area contributed by atoms with Gasteiger partial charge in [-0.2, -0.15) is 11.8 Å². The number of rotatable bonds is 4. The highest BCUT2D eigenvalue weighted by molar-refractivity contribution is 7.99. The van der Waals surface area contributed by atoms with E-state index < -0.39 is 14.9 Å². The first-order chi connectivity index (χ1) is 9.80. The molecule has 0 aromatic heterocycles. The van der Waals surface area contributed by atoms with Crippen LogP contribution in [0.4, 0.5) is 11.4 Å². The minimum atomic E-state index is -3.95. The van der Waals surface area contributed by atoms with Crippen LogP contribution in [0, 0.1) is 10.1 Å². The number of sulfonamides is 1. The standard InChI is InChI=1S/C12H17N3O4S2/c1-14(9-4-6-20-7-5-9)11-3-2-10(21(13,18)19)8-12(11)15(16)17/h2-3,8-9H,4-7H2,1H3,(H2,13,18,19). The Balaban J connectivity index is 2.40. The normalized spacial score (nSPS) is 16.7. The van der Waals surface area contributed by atoms with Gasteiger partial charge in [-0.25, -0.2) is 13.6 Å². The summed E-state index contributed by atoms with van der Waals surface area (Å²) in [7, 11) is -2.15. The first kappa shape index (κ1) is 16.1. The molecule has 1 fully saturated rings. The lowest BCUT2D eigenvalue weighted by Gasteiger charge is -2.32. The molecule has 1 aliphatic heterocycles. The highest BCUT2D eigenvalue weighted by Gasteiger charge is 2.26. The monoisotopic (exact) mass is 331 g/mol. The molecule has 2 N–H and O–H groups in total. The average Bonchev–Trinajstić information content (AvgIpc) is 2.45. The van der Waals surface area contributed by atoms with E-state index in [1.54, 1.807) is 7.05 Å². The molecule has 7 nitrogen and oxygen atoms in total. The van der Waals surface area contributed by atoms with Crippen molar-refractivity contribution in [2.75, 3.05) is 23.5 Å². The van der Waals surface area contributed by atoms with Gasteiger partial charge in [0, 0.05) is 19.2 Å². The van der Waals surface area contributed by atoms with E-state index in [-0.39, 0.29) is 16.6 Å². The molecule has 0 atom stereocenters. The van der Waals surface area contributed by atoms with Crippen molar-refractivity contribution in [2.24, 2.45) is 5.14 Å². The minimum absolute atomic E-state index is 0.227. The molecular weight excluding hydrogens is 314 g/mol. The third-order valence-electron chi connectivity index (χ3n) is 3.59. The number of hydrogen-bond acceptors (Lipinski definition) is 6. The van der Waals surface area contributed by atoms with Crippen LogP contribution in [0.25, 0.3) is 0 Å². The van der Waals surface area contributed by atoms with Crippen LogP contribution in [0.15, 0.2) is 23.1 Å². The maximum atomic E-state index is 11.3. The van der Waals surface area contributed by atoms with E-state index in [1.165, 1.54) is 12.1 Å². The largest absolute Gasteiger partial charge is 0.366 e. The van der Waals surface area contributed by atoms with E-state index in [0.717, 1.165) is 30.4 Å². The molecule has 116 valence electrons. The maximum absolute atomic E-state index is 11.3. The Morgan fingerprint density at radius 3 is 2.52 bits per heavy atom. The number of benzene rings is 1. The first-order valence-electron chi connectivity index (χ1n) is 6.42. The number of thioether (sulfide) groups is 1. The molecule has 1 aromatic rings. The number of nitrogens with zero attached hydrogens (tertiary/aromatic N) is 2. The molecule has 0 bridgehead atoms.